The van der Waals surface area contributed by atoms with Gasteiger partial charge in [0, 0.05) is 30.2 Å². The zero-order valence-corrected chi connectivity index (χ0v) is 23.6. The van der Waals surface area contributed by atoms with E-state index in [0.717, 1.165) is 37.9 Å². The number of urea groups is 1. The average molecular weight is 557 g/mol. The lowest BCUT2D eigenvalue weighted by Gasteiger charge is -2.40. The summed E-state index contributed by atoms with van der Waals surface area (Å²) in [6.07, 6.45) is 5.23. The van der Waals surface area contributed by atoms with Gasteiger partial charge in [0.2, 0.25) is 0 Å². The molecular formula is C30H38ClFN4O3. The first kappa shape index (κ1) is 27.7. The van der Waals surface area contributed by atoms with E-state index in [4.69, 9.17) is 26.1 Å². The van der Waals surface area contributed by atoms with Crippen molar-refractivity contribution >= 4 is 23.5 Å². The Morgan fingerprint density at radius 1 is 1.08 bits per heavy atom. The molecule has 0 N–H and O–H groups in total. The van der Waals surface area contributed by atoms with Gasteiger partial charge in [-0.2, -0.15) is 0 Å². The summed E-state index contributed by atoms with van der Waals surface area (Å²) in [6.45, 7) is 5.11. The summed E-state index contributed by atoms with van der Waals surface area (Å²) in [5.74, 6) is 1.59. The molecule has 5 rings (SSSR count). The molecule has 0 saturated carbocycles. The number of halogens is 2. The number of rotatable bonds is 8. The number of alkyl halides is 1. The summed E-state index contributed by atoms with van der Waals surface area (Å²) >= 11 is 6.22. The van der Waals surface area contributed by atoms with Crippen molar-refractivity contribution in [3.05, 3.63) is 58.6 Å². The number of ether oxygens (including phenoxy) is 2. The Morgan fingerprint density at radius 3 is 2.44 bits per heavy atom. The predicted octanol–water partition coefficient (Wildman–Crippen LogP) is 5.96. The monoisotopic (exact) mass is 556 g/mol. The van der Waals surface area contributed by atoms with Crippen LogP contribution in [0.5, 0.6) is 11.5 Å². The fourth-order valence-corrected chi connectivity index (χ4v) is 6.24. The molecule has 0 spiro atoms. The van der Waals surface area contributed by atoms with Crippen LogP contribution in [0.15, 0.2) is 47.5 Å². The number of methoxy groups -OCH3 is 1. The molecule has 2 saturated heterocycles. The van der Waals surface area contributed by atoms with Crippen LogP contribution in [0.25, 0.3) is 0 Å². The van der Waals surface area contributed by atoms with Crippen molar-refractivity contribution in [3.63, 3.8) is 0 Å². The quantitative estimate of drug-likeness (QED) is 0.402. The lowest BCUT2D eigenvalue weighted by molar-refractivity contribution is 0.117. The van der Waals surface area contributed by atoms with Crippen molar-refractivity contribution in [2.45, 2.75) is 57.2 Å². The average Bonchev–Trinajstić information content (AvgIpc) is 3.65. The Morgan fingerprint density at radius 2 is 1.79 bits per heavy atom. The minimum absolute atomic E-state index is 0.0585. The van der Waals surface area contributed by atoms with Crippen LogP contribution >= 0.6 is 11.6 Å². The van der Waals surface area contributed by atoms with Gasteiger partial charge < -0.3 is 19.3 Å². The normalized spacial score (nSPS) is 22.3. The van der Waals surface area contributed by atoms with E-state index in [2.05, 4.69) is 11.8 Å². The molecule has 7 nitrogen and oxygen atoms in total. The Kier molecular flexibility index (Phi) is 8.92. The molecule has 2 amide bonds. The first-order valence-electron chi connectivity index (χ1n) is 14.1. The first-order chi connectivity index (χ1) is 19.0. The highest BCUT2D eigenvalue weighted by Crippen LogP contribution is 2.40. The number of likely N-dealkylation sites (tertiary alicyclic amines) is 2. The SMILES string of the molecule is CCC1N=C(c2ccc(OC)cc2OCCF)N(C(=O)N2CCC(N3CCCC3)CC2)[C@H]1c1ccc(Cl)cc1. The van der Waals surface area contributed by atoms with Gasteiger partial charge in [0.25, 0.3) is 0 Å². The van der Waals surface area contributed by atoms with Crippen LogP contribution in [0.1, 0.15) is 56.2 Å². The molecule has 9 heteroatoms. The van der Waals surface area contributed by atoms with Crippen LogP contribution < -0.4 is 9.47 Å². The van der Waals surface area contributed by atoms with Gasteiger partial charge in [-0.1, -0.05) is 30.7 Å². The van der Waals surface area contributed by atoms with E-state index in [1.807, 2.05) is 46.2 Å². The molecule has 210 valence electrons. The third-order valence-corrected chi connectivity index (χ3v) is 8.40. The number of hydrogen-bond donors (Lipinski definition) is 0. The Labute approximate surface area is 235 Å². The van der Waals surface area contributed by atoms with Crippen molar-refractivity contribution in [2.75, 3.05) is 46.6 Å². The highest BCUT2D eigenvalue weighted by atomic mass is 35.5. The highest BCUT2D eigenvalue weighted by molar-refractivity contribution is 6.30. The molecule has 2 aromatic rings. The molecule has 2 fully saturated rings. The van der Waals surface area contributed by atoms with E-state index < -0.39 is 6.67 Å². The summed E-state index contributed by atoms with van der Waals surface area (Å²) in [6, 6.07) is 13.1. The number of carbonyl (C=O) groups excluding carboxylic acids is 1. The maximum absolute atomic E-state index is 14.4. The van der Waals surface area contributed by atoms with E-state index in [0.29, 0.717) is 47.1 Å². The standard InChI is InChI=1S/C30H38ClFN4O3/c1-3-26-28(21-6-8-22(31)9-7-21)36(30(37)35-17-12-23(13-18-35)34-15-4-5-16-34)29(33-26)25-11-10-24(38-2)20-27(25)39-19-14-32/h6-11,20,23,26,28H,3-5,12-19H2,1-2H3/t26?,28-/m0/s1. The number of amides is 2. The van der Waals surface area contributed by atoms with Gasteiger partial charge in [0.05, 0.1) is 24.8 Å². The molecule has 3 aliphatic heterocycles. The van der Waals surface area contributed by atoms with Crippen LogP contribution in [-0.2, 0) is 0 Å². The summed E-state index contributed by atoms with van der Waals surface area (Å²) in [7, 11) is 1.58. The third-order valence-electron chi connectivity index (χ3n) is 8.15. The van der Waals surface area contributed by atoms with E-state index in [-0.39, 0.29) is 24.7 Å². The molecule has 3 aliphatic rings. The van der Waals surface area contributed by atoms with Crippen LogP contribution in [0.3, 0.4) is 0 Å². The minimum Gasteiger partial charge on any atom is -0.497 e. The topological polar surface area (TPSA) is 57.6 Å². The van der Waals surface area contributed by atoms with Crippen molar-refractivity contribution in [1.29, 1.82) is 0 Å². The van der Waals surface area contributed by atoms with Crippen molar-refractivity contribution in [2.24, 2.45) is 4.99 Å². The Bertz CT molecular complexity index is 1160. The van der Waals surface area contributed by atoms with Crippen molar-refractivity contribution < 1.29 is 18.7 Å². The lowest BCUT2D eigenvalue weighted by Crippen LogP contribution is -2.52. The van der Waals surface area contributed by atoms with E-state index in [1.165, 1.54) is 12.8 Å². The number of hydrogen-bond acceptors (Lipinski definition) is 5. The molecule has 2 aromatic carbocycles. The second-order valence-corrected chi connectivity index (χ2v) is 10.9. The molecule has 3 heterocycles. The van der Waals surface area contributed by atoms with Gasteiger partial charge >= 0.3 is 6.03 Å². The molecule has 0 radical (unpaired) electrons. The largest absolute Gasteiger partial charge is 0.497 e. The zero-order chi connectivity index (χ0) is 27.4. The van der Waals surface area contributed by atoms with Gasteiger partial charge in [-0.15, -0.1) is 0 Å². The zero-order valence-electron chi connectivity index (χ0n) is 22.8. The number of nitrogens with zero attached hydrogens (tertiary/aromatic N) is 4. The Hall–Kier alpha value is -2.84. The molecule has 0 bridgehead atoms. The number of carbonyl (C=O) groups is 1. The number of aliphatic imine (C=N–C) groups is 1. The van der Waals surface area contributed by atoms with Crippen molar-refractivity contribution in [1.82, 2.24) is 14.7 Å². The van der Waals surface area contributed by atoms with Crippen LogP contribution in [0.4, 0.5) is 9.18 Å². The third kappa shape index (κ3) is 5.87. The van der Waals surface area contributed by atoms with Crippen molar-refractivity contribution in [3.8, 4) is 11.5 Å². The molecule has 1 unspecified atom stereocenters. The second-order valence-electron chi connectivity index (χ2n) is 10.4. The van der Waals surface area contributed by atoms with E-state index >= 15 is 0 Å². The van der Waals surface area contributed by atoms with E-state index in [1.54, 1.807) is 13.2 Å². The van der Waals surface area contributed by atoms with Crippen LogP contribution in [0.2, 0.25) is 5.02 Å². The van der Waals surface area contributed by atoms with Gasteiger partial charge in [0.1, 0.15) is 30.6 Å². The molecular weight excluding hydrogens is 519 g/mol. The smallest absolute Gasteiger partial charge is 0.326 e. The molecule has 0 aromatic heterocycles. The summed E-state index contributed by atoms with van der Waals surface area (Å²) in [5.41, 5.74) is 1.63. The predicted molar refractivity (Wildman–Crippen MR) is 152 cm³/mol. The van der Waals surface area contributed by atoms with Gasteiger partial charge in [-0.3, -0.25) is 9.89 Å². The van der Waals surface area contributed by atoms with Gasteiger partial charge in [0.15, 0.2) is 0 Å². The summed E-state index contributed by atoms with van der Waals surface area (Å²) in [5, 5.41) is 0.643. The highest BCUT2D eigenvalue weighted by Gasteiger charge is 2.44. The first-order valence-corrected chi connectivity index (χ1v) is 14.4. The number of amidine groups is 1. The Balaban J connectivity index is 1.50. The number of benzene rings is 2. The van der Waals surface area contributed by atoms with E-state index in [9.17, 15) is 9.18 Å². The maximum Gasteiger partial charge on any atom is 0.326 e. The van der Waals surface area contributed by atoms with Gasteiger partial charge in [-0.05, 0) is 75.0 Å². The lowest BCUT2D eigenvalue weighted by atomic mass is 9.97. The minimum atomic E-state index is -0.622. The fraction of sp³-hybridized carbons (Fsp3) is 0.533. The van der Waals surface area contributed by atoms with Gasteiger partial charge in [-0.25, -0.2) is 9.18 Å². The number of piperidine rings is 1. The summed E-state index contributed by atoms with van der Waals surface area (Å²) < 4.78 is 24.3. The van der Waals surface area contributed by atoms with Crippen LogP contribution in [0, 0.1) is 0 Å². The maximum atomic E-state index is 14.4. The fourth-order valence-electron chi connectivity index (χ4n) is 6.11. The molecule has 2 atom stereocenters. The molecule has 39 heavy (non-hydrogen) atoms. The van der Waals surface area contributed by atoms with Crippen LogP contribution in [-0.4, -0.2) is 85.2 Å². The second kappa shape index (κ2) is 12.6. The summed E-state index contributed by atoms with van der Waals surface area (Å²) in [4.78, 5) is 25.9. The molecule has 0 aliphatic carbocycles.